The van der Waals surface area contributed by atoms with Crippen LogP contribution >= 0.6 is 0 Å². The second kappa shape index (κ2) is 6.10. The van der Waals surface area contributed by atoms with Crippen LogP contribution in [0.3, 0.4) is 0 Å². The van der Waals surface area contributed by atoms with Gasteiger partial charge in [0, 0.05) is 49.1 Å². The molecule has 5 heteroatoms. The van der Waals surface area contributed by atoms with Gasteiger partial charge in [0.15, 0.2) is 0 Å². The van der Waals surface area contributed by atoms with Crippen molar-refractivity contribution in [3.05, 3.63) is 36.0 Å². The maximum Gasteiger partial charge on any atom is 0.219 e. The Balaban J connectivity index is 1.95. The highest BCUT2D eigenvalue weighted by Crippen LogP contribution is 2.38. The smallest absolute Gasteiger partial charge is 0.219 e. The number of para-hydroxylation sites is 1. The van der Waals surface area contributed by atoms with Gasteiger partial charge in [-0.2, -0.15) is 0 Å². The SMILES string of the molecule is CNNCC1(c2c[nH]c3ccccc23)CCN(C(C)=O)CC1. The summed E-state index contributed by atoms with van der Waals surface area (Å²) >= 11 is 0. The van der Waals surface area contributed by atoms with Crippen LogP contribution in [0.25, 0.3) is 10.9 Å². The monoisotopic (exact) mass is 300 g/mol. The van der Waals surface area contributed by atoms with Crippen molar-refractivity contribution >= 4 is 16.8 Å². The highest BCUT2D eigenvalue weighted by Gasteiger charge is 2.38. The number of H-pyrrole nitrogens is 1. The van der Waals surface area contributed by atoms with Gasteiger partial charge in [-0.1, -0.05) is 18.2 Å². The van der Waals surface area contributed by atoms with Crippen molar-refractivity contribution in [1.82, 2.24) is 20.7 Å². The lowest BCUT2D eigenvalue weighted by Crippen LogP contribution is -2.50. The maximum absolute atomic E-state index is 11.6. The van der Waals surface area contributed by atoms with E-state index in [2.05, 4.69) is 46.3 Å². The van der Waals surface area contributed by atoms with Crippen LogP contribution in [0, 0.1) is 0 Å². The van der Waals surface area contributed by atoms with Gasteiger partial charge in [0.1, 0.15) is 0 Å². The van der Waals surface area contributed by atoms with E-state index in [0.717, 1.165) is 32.5 Å². The lowest BCUT2D eigenvalue weighted by molar-refractivity contribution is -0.130. The largest absolute Gasteiger partial charge is 0.361 e. The summed E-state index contributed by atoms with van der Waals surface area (Å²) in [6.45, 7) is 4.15. The van der Waals surface area contributed by atoms with Gasteiger partial charge in [-0.3, -0.25) is 15.6 Å². The number of carbonyl (C=O) groups is 1. The summed E-state index contributed by atoms with van der Waals surface area (Å²) in [6.07, 6.45) is 4.09. The first kappa shape index (κ1) is 15.1. The number of aromatic amines is 1. The molecule has 1 aliphatic heterocycles. The molecule has 1 amide bonds. The summed E-state index contributed by atoms with van der Waals surface area (Å²) in [5.74, 6) is 0.175. The molecule has 1 aliphatic rings. The van der Waals surface area contributed by atoms with Gasteiger partial charge in [-0.15, -0.1) is 0 Å². The van der Waals surface area contributed by atoms with Crippen molar-refractivity contribution in [2.24, 2.45) is 0 Å². The molecule has 0 spiro atoms. The molecule has 5 nitrogen and oxygen atoms in total. The van der Waals surface area contributed by atoms with E-state index in [1.54, 1.807) is 6.92 Å². The van der Waals surface area contributed by atoms with E-state index >= 15 is 0 Å². The number of piperidine rings is 1. The number of rotatable bonds is 4. The first-order valence-corrected chi connectivity index (χ1v) is 7.88. The molecule has 0 atom stereocenters. The Kier molecular flexibility index (Phi) is 4.18. The van der Waals surface area contributed by atoms with Gasteiger partial charge in [0.25, 0.3) is 0 Å². The summed E-state index contributed by atoms with van der Waals surface area (Å²) < 4.78 is 0. The molecule has 3 rings (SSSR count). The van der Waals surface area contributed by atoms with E-state index in [1.165, 1.54) is 16.5 Å². The number of hydrazine groups is 1. The molecule has 1 fully saturated rings. The molecule has 0 unspecified atom stereocenters. The van der Waals surface area contributed by atoms with E-state index in [1.807, 2.05) is 11.9 Å². The first-order valence-electron chi connectivity index (χ1n) is 7.88. The Hall–Kier alpha value is -1.85. The quantitative estimate of drug-likeness (QED) is 0.754. The van der Waals surface area contributed by atoms with E-state index in [4.69, 9.17) is 0 Å². The van der Waals surface area contributed by atoms with Crippen LogP contribution in [0.5, 0.6) is 0 Å². The lowest BCUT2D eigenvalue weighted by Gasteiger charge is -2.42. The van der Waals surface area contributed by atoms with Crippen molar-refractivity contribution < 1.29 is 4.79 Å². The Bertz CT molecular complexity index is 655. The van der Waals surface area contributed by atoms with Crippen LogP contribution in [0.1, 0.15) is 25.3 Å². The molecule has 22 heavy (non-hydrogen) atoms. The van der Waals surface area contributed by atoms with Gasteiger partial charge in [-0.25, -0.2) is 0 Å². The van der Waals surface area contributed by atoms with Crippen molar-refractivity contribution in [3.8, 4) is 0 Å². The number of likely N-dealkylation sites (tertiary alicyclic amines) is 1. The van der Waals surface area contributed by atoms with Crippen LogP contribution in [-0.4, -0.2) is 42.5 Å². The van der Waals surface area contributed by atoms with Gasteiger partial charge in [-0.05, 0) is 31.5 Å². The first-order chi connectivity index (χ1) is 10.7. The predicted molar refractivity (Wildman–Crippen MR) is 88.5 cm³/mol. The molecule has 2 aromatic rings. The van der Waals surface area contributed by atoms with Crippen molar-refractivity contribution in [3.63, 3.8) is 0 Å². The van der Waals surface area contributed by atoms with Gasteiger partial charge >= 0.3 is 0 Å². The van der Waals surface area contributed by atoms with Crippen molar-refractivity contribution in [1.29, 1.82) is 0 Å². The third-order valence-electron chi connectivity index (χ3n) is 4.93. The van der Waals surface area contributed by atoms with Crippen LogP contribution < -0.4 is 10.9 Å². The van der Waals surface area contributed by atoms with Crippen molar-refractivity contribution in [2.75, 3.05) is 26.7 Å². The number of amides is 1. The Morgan fingerprint density at radius 2 is 2.05 bits per heavy atom. The molecular weight excluding hydrogens is 276 g/mol. The number of nitrogens with one attached hydrogen (secondary N) is 3. The third kappa shape index (κ3) is 2.62. The number of aromatic nitrogens is 1. The summed E-state index contributed by atoms with van der Waals surface area (Å²) in [5.41, 5.74) is 8.91. The second-order valence-corrected chi connectivity index (χ2v) is 6.14. The van der Waals surface area contributed by atoms with Gasteiger partial charge < -0.3 is 9.88 Å². The molecule has 1 aromatic heterocycles. The van der Waals surface area contributed by atoms with Crippen LogP contribution in [0.2, 0.25) is 0 Å². The van der Waals surface area contributed by atoms with Crippen LogP contribution in [0.15, 0.2) is 30.5 Å². The summed E-state index contributed by atoms with van der Waals surface area (Å²) in [7, 11) is 1.90. The average molecular weight is 300 g/mol. The highest BCUT2D eigenvalue weighted by atomic mass is 16.2. The van der Waals surface area contributed by atoms with E-state index in [-0.39, 0.29) is 11.3 Å². The molecule has 118 valence electrons. The fraction of sp³-hybridized carbons (Fsp3) is 0.471. The number of carbonyl (C=O) groups excluding carboxylic acids is 1. The number of fused-ring (bicyclic) bond motifs is 1. The average Bonchev–Trinajstić information content (AvgIpc) is 2.98. The predicted octanol–water partition coefficient (Wildman–Crippen LogP) is 1.77. The fourth-order valence-electron chi connectivity index (χ4n) is 3.56. The van der Waals surface area contributed by atoms with Crippen LogP contribution in [-0.2, 0) is 10.2 Å². The molecule has 0 saturated carbocycles. The second-order valence-electron chi connectivity index (χ2n) is 6.14. The maximum atomic E-state index is 11.6. The highest BCUT2D eigenvalue weighted by molar-refractivity contribution is 5.84. The fourth-order valence-corrected chi connectivity index (χ4v) is 3.56. The third-order valence-corrected chi connectivity index (χ3v) is 4.93. The zero-order valence-corrected chi connectivity index (χ0v) is 13.3. The summed E-state index contributed by atoms with van der Waals surface area (Å²) in [5, 5.41) is 1.29. The zero-order valence-electron chi connectivity index (χ0n) is 13.3. The summed E-state index contributed by atoms with van der Waals surface area (Å²) in [6, 6.07) is 8.44. The van der Waals surface area contributed by atoms with Gasteiger partial charge in [0.05, 0.1) is 0 Å². The Morgan fingerprint density at radius 3 is 2.73 bits per heavy atom. The molecule has 1 saturated heterocycles. The molecule has 3 N–H and O–H groups in total. The molecule has 1 aromatic carbocycles. The standard InChI is InChI=1S/C17H24N4O/c1-13(22)21-9-7-17(8-10-21,12-20-18-2)15-11-19-16-6-4-3-5-14(15)16/h3-6,11,18-20H,7-10,12H2,1-2H3. The van der Waals surface area contributed by atoms with E-state index < -0.39 is 0 Å². The number of hydrogen-bond donors (Lipinski definition) is 3. The Morgan fingerprint density at radius 1 is 1.32 bits per heavy atom. The molecule has 0 aliphatic carbocycles. The molecule has 0 radical (unpaired) electrons. The van der Waals surface area contributed by atoms with Gasteiger partial charge in [0.2, 0.25) is 5.91 Å². The van der Waals surface area contributed by atoms with E-state index in [0.29, 0.717) is 0 Å². The summed E-state index contributed by atoms with van der Waals surface area (Å²) in [4.78, 5) is 17.0. The lowest BCUT2D eigenvalue weighted by atomic mass is 9.72. The molecule has 2 heterocycles. The van der Waals surface area contributed by atoms with E-state index in [9.17, 15) is 4.79 Å². The number of hydrogen-bond acceptors (Lipinski definition) is 3. The van der Waals surface area contributed by atoms with Crippen molar-refractivity contribution in [2.45, 2.75) is 25.2 Å². The number of nitrogens with zero attached hydrogens (tertiary/aromatic N) is 1. The molecule has 0 bridgehead atoms. The minimum Gasteiger partial charge on any atom is -0.361 e. The molecular formula is C17H24N4O. The topological polar surface area (TPSA) is 60.2 Å². The normalized spacial score (nSPS) is 17.8. The Labute approximate surface area is 131 Å². The minimum atomic E-state index is 0.0502. The number of benzene rings is 1. The minimum absolute atomic E-state index is 0.0502. The van der Waals surface area contributed by atoms with Crippen LogP contribution in [0.4, 0.5) is 0 Å². The zero-order chi connectivity index (χ0) is 15.6.